The number of nitro benzene ring substituents is 1. The van der Waals surface area contributed by atoms with Gasteiger partial charge in [0, 0.05) is 12.6 Å². The van der Waals surface area contributed by atoms with Gasteiger partial charge in [-0.05, 0) is 24.3 Å². The van der Waals surface area contributed by atoms with E-state index in [1.165, 1.54) is 0 Å². The smallest absolute Gasteiger partial charge is 0.293 e. The second kappa shape index (κ2) is 7.09. The van der Waals surface area contributed by atoms with Crippen LogP contribution >= 0.6 is 0 Å². The van der Waals surface area contributed by atoms with Crippen LogP contribution in [0.2, 0.25) is 0 Å². The van der Waals surface area contributed by atoms with Crippen molar-refractivity contribution in [2.24, 2.45) is 5.14 Å². The Bertz CT molecular complexity index is 900. The largest absolute Gasteiger partial charge is 0.386 e. The van der Waals surface area contributed by atoms with Gasteiger partial charge in [-0.15, -0.1) is 0 Å². The summed E-state index contributed by atoms with van der Waals surface area (Å²) in [4.78, 5) is 9.75. The summed E-state index contributed by atoms with van der Waals surface area (Å²) in [6.45, 7) is -0.451. The van der Waals surface area contributed by atoms with Gasteiger partial charge >= 0.3 is 0 Å². The highest BCUT2D eigenvalue weighted by Crippen LogP contribution is 2.28. The molecule has 134 valence electrons. The molecule has 2 aromatic carbocycles. The average molecular weight is 373 g/mol. The molecule has 0 saturated carbocycles. The lowest BCUT2D eigenvalue weighted by atomic mass is 10.1. The summed E-state index contributed by atoms with van der Waals surface area (Å²) in [6, 6.07) is 5.90. The molecule has 0 fully saturated rings. The first-order valence-electron chi connectivity index (χ1n) is 6.78. The van der Waals surface area contributed by atoms with Crippen LogP contribution in [0.4, 0.5) is 20.2 Å². The number of nitrogens with two attached hydrogens (primary N) is 1. The second-order valence-electron chi connectivity index (χ2n) is 5.01. The molecule has 25 heavy (non-hydrogen) atoms. The predicted molar refractivity (Wildman–Crippen MR) is 84.3 cm³/mol. The Balaban J connectivity index is 2.27. The van der Waals surface area contributed by atoms with Crippen LogP contribution in [0.5, 0.6) is 0 Å². The number of aliphatic hydroxyl groups excluding tert-OH is 1. The van der Waals surface area contributed by atoms with Crippen LogP contribution in [0.3, 0.4) is 0 Å². The van der Waals surface area contributed by atoms with Gasteiger partial charge in [0.2, 0.25) is 10.0 Å². The number of nitrogens with zero attached hydrogens (tertiary/aromatic N) is 1. The third kappa shape index (κ3) is 4.26. The molecule has 0 amide bonds. The number of halogens is 2. The number of benzene rings is 2. The zero-order valence-electron chi connectivity index (χ0n) is 12.5. The molecule has 1 unspecified atom stereocenters. The Morgan fingerprint density at radius 2 is 1.84 bits per heavy atom. The number of anilines is 1. The number of aliphatic hydroxyl groups is 1. The summed E-state index contributed by atoms with van der Waals surface area (Å²) in [5.41, 5.74) is -1.35. The summed E-state index contributed by atoms with van der Waals surface area (Å²) < 4.78 is 49.7. The van der Waals surface area contributed by atoms with Gasteiger partial charge in [0.1, 0.15) is 23.4 Å². The van der Waals surface area contributed by atoms with E-state index in [1.807, 2.05) is 0 Å². The molecule has 2 aromatic rings. The van der Waals surface area contributed by atoms with Crippen molar-refractivity contribution in [3.8, 4) is 0 Å². The monoisotopic (exact) mass is 373 g/mol. The molecule has 0 heterocycles. The standard InChI is InChI=1S/C14H13F2N3O5S/c15-9-2-1-3-10(16)14(9)13(20)7-18-11-5-4-8(25(17,23)24)6-12(11)19(21)22/h1-6,13,18,20H,7H2,(H2,17,23,24). The van der Waals surface area contributed by atoms with Crippen LogP contribution in [-0.2, 0) is 10.0 Å². The molecule has 2 rings (SSSR count). The summed E-state index contributed by atoms with van der Waals surface area (Å²) in [5, 5.41) is 28.4. The highest BCUT2D eigenvalue weighted by molar-refractivity contribution is 7.89. The molecular weight excluding hydrogens is 360 g/mol. The Labute approximate surface area is 141 Å². The van der Waals surface area contributed by atoms with Crippen LogP contribution in [-0.4, -0.2) is 25.0 Å². The van der Waals surface area contributed by atoms with Crippen LogP contribution in [0.1, 0.15) is 11.7 Å². The lowest BCUT2D eigenvalue weighted by molar-refractivity contribution is -0.384. The molecule has 4 N–H and O–H groups in total. The zero-order chi connectivity index (χ0) is 18.8. The quantitative estimate of drug-likeness (QED) is 0.520. The minimum absolute atomic E-state index is 0.145. The summed E-state index contributed by atoms with van der Waals surface area (Å²) in [5.74, 6) is -1.93. The van der Waals surface area contributed by atoms with Crippen LogP contribution in [0.25, 0.3) is 0 Å². The lowest BCUT2D eigenvalue weighted by Crippen LogP contribution is -2.16. The fourth-order valence-corrected chi connectivity index (χ4v) is 2.66. The van der Waals surface area contributed by atoms with Gasteiger partial charge in [-0.2, -0.15) is 0 Å². The Kier molecular flexibility index (Phi) is 5.30. The molecule has 8 nitrogen and oxygen atoms in total. The van der Waals surface area contributed by atoms with E-state index in [2.05, 4.69) is 5.32 Å². The summed E-state index contributed by atoms with van der Waals surface area (Å²) >= 11 is 0. The van der Waals surface area contributed by atoms with Gasteiger partial charge in [-0.3, -0.25) is 10.1 Å². The maximum absolute atomic E-state index is 13.6. The van der Waals surface area contributed by atoms with Crippen molar-refractivity contribution in [3.63, 3.8) is 0 Å². The molecule has 1 atom stereocenters. The number of rotatable bonds is 6. The first-order chi connectivity index (χ1) is 11.6. The highest BCUT2D eigenvalue weighted by Gasteiger charge is 2.22. The molecule has 0 aliphatic carbocycles. The van der Waals surface area contributed by atoms with Crippen molar-refractivity contribution < 1.29 is 27.2 Å². The topological polar surface area (TPSA) is 136 Å². The molecule has 0 spiro atoms. The Morgan fingerprint density at radius 1 is 1.24 bits per heavy atom. The molecule has 0 aliphatic rings. The van der Waals surface area contributed by atoms with Crippen molar-refractivity contribution in [1.29, 1.82) is 0 Å². The predicted octanol–water partition coefficient (Wildman–Crippen LogP) is 1.67. The van der Waals surface area contributed by atoms with Gasteiger partial charge < -0.3 is 10.4 Å². The van der Waals surface area contributed by atoms with Crippen molar-refractivity contribution in [2.75, 3.05) is 11.9 Å². The Morgan fingerprint density at radius 3 is 2.36 bits per heavy atom. The van der Waals surface area contributed by atoms with Crippen molar-refractivity contribution in [1.82, 2.24) is 0 Å². The summed E-state index contributed by atoms with van der Waals surface area (Å²) in [6.07, 6.45) is -1.63. The van der Waals surface area contributed by atoms with E-state index in [1.54, 1.807) is 0 Å². The third-order valence-corrected chi connectivity index (χ3v) is 4.22. The van der Waals surface area contributed by atoms with Gasteiger partial charge in [-0.25, -0.2) is 22.3 Å². The molecule has 0 aliphatic heterocycles. The van der Waals surface area contributed by atoms with E-state index in [-0.39, 0.29) is 5.69 Å². The Hall–Kier alpha value is -2.63. The number of primary sulfonamides is 1. The molecule has 0 radical (unpaired) electrons. The van der Waals surface area contributed by atoms with Gasteiger partial charge in [0.25, 0.3) is 5.69 Å². The van der Waals surface area contributed by atoms with E-state index in [4.69, 9.17) is 5.14 Å². The van der Waals surface area contributed by atoms with Crippen LogP contribution in [0, 0.1) is 21.7 Å². The average Bonchev–Trinajstić information content (AvgIpc) is 2.51. The second-order valence-corrected chi connectivity index (χ2v) is 6.57. The van der Waals surface area contributed by atoms with E-state index in [0.717, 1.165) is 36.4 Å². The minimum Gasteiger partial charge on any atom is -0.386 e. The number of nitro groups is 1. The molecule has 0 aromatic heterocycles. The van der Waals surface area contributed by atoms with Gasteiger partial charge in [-0.1, -0.05) is 6.07 Å². The first kappa shape index (κ1) is 18.7. The van der Waals surface area contributed by atoms with E-state index in [9.17, 15) is 32.4 Å². The van der Waals surface area contributed by atoms with E-state index >= 15 is 0 Å². The van der Waals surface area contributed by atoms with Crippen molar-refractivity contribution in [2.45, 2.75) is 11.0 Å². The zero-order valence-corrected chi connectivity index (χ0v) is 13.3. The first-order valence-corrected chi connectivity index (χ1v) is 8.33. The summed E-state index contributed by atoms with van der Waals surface area (Å²) in [7, 11) is -4.14. The van der Waals surface area contributed by atoms with Crippen LogP contribution in [0.15, 0.2) is 41.3 Å². The highest BCUT2D eigenvalue weighted by atomic mass is 32.2. The number of sulfonamides is 1. The van der Waals surface area contributed by atoms with E-state index < -0.39 is 55.4 Å². The maximum Gasteiger partial charge on any atom is 0.293 e. The van der Waals surface area contributed by atoms with Gasteiger partial charge in [0.05, 0.1) is 15.4 Å². The van der Waals surface area contributed by atoms with Crippen molar-refractivity contribution >= 4 is 21.4 Å². The number of hydrogen-bond acceptors (Lipinski definition) is 6. The third-order valence-electron chi connectivity index (χ3n) is 3.31. The number of hydrogen-bond donors (Lipinski definition) is 3. The van der Waals surface area contributed by atoms with Crippen molar-refractivity contribution in [3.05, 3.63) is 63.7 Å². The molecule has 11 heteroatoms. The minimum atomic E-state index is -4.14. The van der Waals surface area contributed by atoms with Crippen LogP contribution < -0.4 is 10.5 Å². The fourth-order valence-electron chi connectivity index (χ4n) is 2.13. The molecule has 0 bridgehead atoms. The SMILES string of the molecule is NS(=O)(=O)c1ccc(NCC(O)c2c(F)cccc2F)c([N+](=O)[O-])c1. The fraction of sp³-hybridized carbons (Fsp3) is 0.143. The van der Waals surface area contributed by atoms with E-state index in [0.29, 0.717) is 0 Å². The lowest BCUT2D eigenvalue weighted by Gasteiger charge is -2.15. The molecular formula is C14H13F2N3O5S. The normalized spacial score (nSPS) is 12.6. The number of nitrogens with one attached hydrogen (secondary N) is 1. The van der Waals surface area contributed by atoms with Gasteiger partial charge in [0.15, 0.2) is 0 Å². The maximum atomic E-state index is 13.6. The molecule has 0 saturated heterocycles.